The Labute approximate surface area is 214 Å². The number of nitrogens with two attached hydrogens (primary N) is 1. The minimum atomic E-state index is -0.629. The number of methoxy groups -OCH3 is 1. The molecule has 12 nitrogen and oxygen atoms in total. The summed E-state index contributed by atoms with van der Waals surface area (Å²) in [5, 5.41) is 9.82. The fraction of sp³-hybridized carbons (Fsp3) is 0.400. The largest absolute Gasteiger partial charge is 0.494 e. The van der Waals surface area contributed by atoms with Crippen molar-refractivity contribution in [3.05, 3.63) is 47.3 Å². The number of imidazole rings is 1. The van der Waals surface area contributed by atoms with Crippen LogP contribution in [0.4, 0.5) is 10.7 Å². The lowest BCUT2D eigenvalue weighted by Crippen LogP contribution is -2.32. The maximum Gasteiger partial charge on any atom is 0.407 e. The van der Waals surface area contributed by atoms with Crippen molar-refractivity contribution in [3.63, 3.8) is 0 Å². The molecule has 3 amide bonds. The minimum Gasteiger partial charge on any atom is -0.494 e. The fourth-order valence-corrected chi connectivity index (χ4v) is 3.66. The summed E-state index contributed by atoms with van der Waals surface area (Å²) in [7, 11) is 1.47. The molecule has 0 radical (unpaired) electrons. The summed E-state index contributed by atoms with van der Waals surface area (Å²) in [6, 6.07) is 4.76. The number of benzene rings is 1. The molecule has 3 aromatic rings. The van der Waals surface area contributed by atoms with E-state index in [-0.39, 0.29) is 30.5 Å². The molecular weight excluding hydrogens is 478 g/mol. The molecule has 2 heterocycles. The Morgan fingerprint density at radius 2 is 1.89 bits per heavy atom. The molecule has 0 unspecified atom stereocenters. The van der Waals surface area contributed by atoms with E-state index < -0.39 is 17.6 Å². The number of nitrogens with zero attached hydrogens (tertiary/aromatic N) is 4. The summed E-state index contributed by atoms with van der Waals surface area (Å²) < 4.78 is 14.1. The molecule has 0 fully saturated rings. The zero-order valence-corrected chi connectivity index (χ0v) is 21.9. The number of ether oxygens (including phenoxy) is 2. The van der Waals surface area contributed by atoms with Crippen molar-refractivity contribution in [2.24, 2.45) is 5.73 Å². The van der Waals surface area contributed by atoms with Gasteiger partial charge in [0.2, 0.25) is 11.9 Å². The van der Waals surface area contributed by atoms with E-state index in [1.165, 1.54) is 13.2 Å². The van der Waals surface area contributed by atoms with Crippen LogP contribution in [0.25, 0.3) is 11.0 Å². The predicted octanol–water partition coefficient (Wildman–Crippen LogP) is 3.00. The molecule has 0 saturated heterocycles. The van der Waals surface area contributed by atoms with E-state index in [9.17, 15) is 14.4 Å². The number of nitrogens with one attached hydrogen (secondary N) is 2. The van der Waals surface area contributed by atoms with E-state index in [4.69, 9.17) is 15.2 Å². The summed E-state index contributed by atoms with van der Waals surface area (Å²) in [6.45, 7) is 10.1. The van der Waals surface area contributed by atoms with Gasteiger partial charge >= 0.3 is 6.09 Å². The van der Waals surface area contributed by atoms with Gasteiger partial charge in [-0.15, -0.1) is 0 Å². The Kier molecular flexibility index (Phi) is 8.21. The fourth-order valence-electron chi connectivity index (χ4n) is 3.66. The highest BCUT2D eigenvalue weighted by atomic mass is 16.6. The van der Waals surface area contributed by atoms with Crippen LogP contribution < -0.4 is 21.1 Å². The molecule has 2 aromatic heterocycles. The van der Waals surface area contributed by atoms with Gasteiger partial charge in [0, 0.05) is 25.2 Å². The SMILES string of the molecule is CCn1nc(C)cc1C(=O)Nc1nc2cc(C(N)=O)cc(OC)c2n1C/C=C/CNC(=O)OC(C)(C)C. The second-order valence-corrected chi connectivity index (χ2v) is 9.25. The van der Waals surface area contributed by atoms with Gasteiger partial charge in [-0.25, -0.2) is 9.78 Å². The van der Waals surface area contributed by atoms with Crippen LogP contribution in [0.3, 0.4) is 0 Å². The second-order valence-electron chi connectivity index (χ2n) is 9.25. The van der Waals surface area contributed by atoms with Gasteiger partial charge in [-0.1, -0.05) is 12.2 Å². The van der Waals surface area contributed by atoms with E-state index in [0.29, 0.717) is 34.7 Å². The molecule has 12 heteroatoms. The number of alkyl carbamates (subject to hydrolysis) is 1. The van der Waals surface area contributed by atoms with E-state index in [1.807, 2.05) is 13.8 Å². The standard InChI is InChI=1S/C25H33N7O5/c1-7-32-18(12-15(2)30-32)22(34)29-23-28-17-13-16(21(26)33)14-19(36-6)20(17)31(23)11-9-8-10-27-24(35)37-25(3,4)5/h8-9,12-14H,7,10-11H2,1-6H3,(H2,26,33)(H,27,35)(H,28,29,34)/b9-8+. The Morgan fingerprint density at radius 3 is 2.51 bits per heavy atom. The van der Waals surface area contributed by atoms with Gasteiger partial charge in [-0.05, 0) is 52.8 Å². The number of rotatable bonds is 9. The zero-order valence-electron chi connectivity index (χ0n) is 21.9. The number of allylic oxidation sites excluding steroid dienone is 1. The molecule has 0 aliphatic rings. The highest BCUT2D eigenvalue weighted by molar-refractivity contribution is 6.04. The first kappa shape index (κ1) is 27.2. The van der Waals surface area contributed by atoms with Crippen LogP contribution >= 0.6 is 0 Å². The van der Waals surface area contributed by atoms with Crippen molar-refractivity contribution in [2.45, 2.75) is 53.3 Å². The van der Waals surface area contributed by atoms with Gasteiger partial charge < -0.3 is 25.1 Å². The van der Waals surface area contributed by atoms with Crippen LogP contribution in [0, 0.1) is 6.92 Å². The van der Waals surface area contributed by atoms with Crippen molar-refractivity contribution in [2.75, 3.05) is 19.0 Å². The number of amides is 3. The van der Waals surface area contributed by atoms with Crippen molar-refractivity contribution < 1.29 is 23.9 Å². The number of hydrogen-bond acceptors (Lipinski definition) is 7. The lowest BCUT2D eigenvalue weighted by molar-refractivity contribution is 0.0533. The zero-order chi connectivity index (χ0) is 27.3. The molecule has 1 aromatic carbocycles. The molecule has 198 valence electrons. The minimum absolute atomic E-state index is 0.226. The molecule has 0 saturated carbocycles. The molecule has 0 aliphatic heterocycles. The number of fused-ring (bicyclic) bond motifs is 1. The van der Waals surface area contributed by atoms with Crippen LogP contribution in [0.5, 0.6) is 5.75 Å². The van der Waals surface area contributed by atoms with E-state index in [1.54, 1.807) is 54.3 Å². The van der Waals surface area contributed by atoms with Crippen molar-refractivity contribution in [1.82, 2.24) is 24.6 Å². The number of carbonyl (C=O) groups excluding carboxylic acids is 3. The number of anilines is 1. The Hall–Kier alpha value is -4.35. The van der Waals surface area contributed by atoms with Gasteiger partial charge in [0.15, 0.2) is 0 Å². The van der Waals surface area contributed by atoms with E-state index >= 15 is 0 Å². The van der Waals surface area contributed by atoms with Crippen LogP contribution in [-0.2, 0) is 17.8 Å². The maximum absolute atomic E-state index is 13.1. The second kappa shape index (κ2) is 11.1. The van der Waals surface area contributed by atoms with Gasteiger partial charge in [-0.3, -0.25) is 19.6 Å². The van der Waals surface area contributed by atoms with Gasteiger partial charge in [0.25, 0.3) is 5.91 Å². The predicted molar refractivity (Wildman–Crippen MR) is 139 cm³/mol. The molecule has 0 spiro atoms. The lowest BCUT2D eigenvalue weighted by Gasteiger charge is -2.19. The first-order valence-corrected chi connectivity index (χ1v) is 11.8. The van der Waals surface area contributed by atoms with Gasteiger partial charge in [-0.2, -0.15) is 5.10 Å². The summed E-state index contributed by atoms with van der Waals surface area (Å²) >= 11 is 0. The van der Waals surface area contributed by atoms with Crippen LogP contribution in [0.1, 0.15) is 54.2 Å². The number of aryl methyl sites for hydroxylation is 2. The molecular formula is C25H33N7O5. The third-order valence-electron chi connectivity index (χ3n) is 5.19. The average molecular weight is 512 g/mol. The van der Waals surface area contributed by atoms with Crippen LogP contribution in [0.15, 0.2) is 30.4 Å². The Bertz CT molecular complexity index is 1350. The monoisotopic (exact) mass is 511 g/mol. The van der Waals surface area contributed by atoms with Crippen LogP contribution in [-0.4, -0.2) is 56.5 Å². The highest BCUT2D eigenvalue weighted by Crippen LogP contribution is 2.31. The number of hydrogen-bond donors (Lipinski definition) is 3. The normalized spacial score (nSPS) is 11.6. The van der Waals surface area contributed by atoms with E-state index in [0.717, 1.165) is 0 Å². The summed E-state index contributed by atoms with van der Waals surface area (Å²) in [6.07, 6.45) is 3.03. The lowest BCUT2D eigenvalue weighted by atomic mass is 10.1. The first-order valence-electron chi connectivity index (χ1n) is 11.8. The molecule has 0 atom stereocenters. The number of carbonyl (C=O) groups is 3. The quantitative estimate of drug-likeness (QED) is 0.373. The van der Waals surface area contributed by atoms with Gasteiger partial charge in [0.05, 0.1) is 18.3 Å². The van der Waals surface area contributed by atoms with Crippen molar-refractivity contribution in [3.8, 4) is 5.75 Å². The average Bonchev–Trinajstić information content (AvgIpc) is 3.36. The smallest absolute Gasteiger partial charge is 0.407 e. The maximum atomic E-state index is 13.1. The summed E-state index contributed by atoms with van der Waals surface area (Å²) in [5.41, 5.74) is 7.20. The third-order valence-corrected chi connectivity index (χ3v) is 5.19. The third kappa shape index (κ3) is 6.66. The summed E-state index contributed by atoms with van der Waals surface area (Å²) in [4.78, 5) is 41.4. The number of aromatic nitrogens is 4. The topological polar surface area (TPSA) is 155 Å². The van der Waals surface area contributed by atoms with Crippen molar-refractivity contribution >= 4 is 34.9 Å². The molecule has 37 heavy (non-hydrogen) atoms. The molecule has 4 N–H and O–H groups in total. The Morgan fingerprint density at radius 1 is 1.16 bits per heavy atom. The first-order chi connectivity index (χ1) is 17.4. The highest BCUT2D eigenvalue weighted by Gasteiger charge is 2.21. The molecule has 3 rings (SSSR count). The summed E-state index contributed by atoms with van der Waals surface area (Å²) in [5.74, 6) is -0.403. The van der Waals surface area contributed by atoms with Crippen molar-refractivity contribution in [1.29, 1.82) is 0 Å². The van der Waals surface area contributed by atoms with E-state index in [2.05, 4.69) is 20.7 Å². The van der Waals surface area contributed by atoms with Crippen LogP contribution in [0.2, 0.25) is 0 Å². The molecule has 0 aliphatic carbocycles. The number of primary amides is 1. The Balaban J connectivity index is 1.93. The molecule has 0 bridgehead atoms. The van der Waals surface area contributed by atoms with Gasteiger partial charge in [0.1, 0.15) is 22.6 Å².